The number of rotatable bonds is 0. The summed E-state index contributed by atoms with van der Waals surface area (Å²) in [6.07, 6.45) is 0. The molecule has 1 amide bonds. The molecule has 0 aromatic rings. The number of carbonyl (C=O) groups excluding carboxylic acids is 1. The van der Waals surface area contributed by atoms with Gasteiger partial charge in [0, 0.05) is 12.1 Å². The van der Waals surface area contributed by atoms with Gasteiger partial charge in [0.2, 0.25) is 5.91 Å². The fourth-order valence-electron chi connectivity index (χ4n) is 1.09. The van der Waals surface area contributed by atoms with E-state index in [1.807, 2.05) is 13.8 Å². The third-order valence-corrected chi connectivity index (χ3v) is 2.03. The van der Waals surface area contributed by atoms with Gasteiger partial charge in [-0.15, -0.1) is 0 Å². The third kappa shape index (κ3) is 1.29. The van der Waals surface area contributed by atoms with Crippen molar-refractivity contribution < 1.29 is 4.79 Å². The minimum absolute atomic E-state index is 0.0359. The lowest BCUT2D eigenvalue weighted by Crippen LogP contribution is -2.60. The highest BCUT2D eigenvalue weighted by Crippen LogP contribution is 2.00. The summed E-state index contributed by atoms with van der Waals surface area (Å²) in [7, 11) is 0. The van der Waals surface area contributed by atoms with Crippen molar-refractivity contribution in [3.63, 3.8) is 0 Å². The molecule has 1 rings (SSSR count). The van der Waals surface area contributed by atoms with Crippen LogP contribution in [0.15, 0.2) is 0 Å². The van der Waals surface area contributed by atoms with Crippen molar-refractivity contribution in [1.29, 1.82) is 0 Å². The van der Waals surface area contributed by atoms with Gasteiger partial charge in [-0.2, -0.15) is 0 Å². The fraction of sp³-hybridized carbons (Fsp3) is 0.857. The van der Waals surface area contributed by atoms with Gasteiger partial charge in [0.1, 0.15) is 0 Å². The Balaban J connectivity index is 2.54. The van der Waals surface area contributed by atoms with Gasteiger partial charge in [-0.1, -0.05) is 0 Å². The molecule has 1 aliphatic rings. The van der Waals surface area contributed by atoms with E-state index in [1.54, 1.807) is 0 Å². The highest BCUT2D eigenvalue weighted by atomic mass is 16.2. The van der Waals surface area contributed by atoms with Crippen molar-refractivity contribution in [1.82, 2.24) is 10.6 Å². The Morgan fingerprint density at radius 3 is 2.30 bits per heavy atom. The Morgan fingerprint density at radius 1 is 1.20 bits per heavy atom. The van der Waals surface area contributed by atoms with E-state index in [0.29, 0.717) is 6.04 Å². The summed E-state index contributed by atoms with van der Waals surface area (Å²) in [5.41, 5.74) is 0. The maximum atomic E-state index is 11.0. The minimum Gasteiger partial charge on any atom is -0.351 e. The second-order valence-corrected chi connectivity index (χ2v) is 2.97. The van der Waals surface area contributed by atoms with E-state index >= 15 is 0 Å². The van der Waals surface area contributed by atoms with E-state index in [2.05, 4.69) is 17.6 Å². The highest BCUT2D eigenvalue weighted by molar-refractivity contribution is 5.82. The summed E-state index contributed by atoms with van der Waals surface area (Å²) in [5.74, 6) is 0.102. The van der Waals surface area contributed by atoms with Crippen molar-refractivity contribution in [2.75, 3.05) is 0 Å². The molecule has 1 fully saturated rings. The quantitative estimate of drug-likeness (QED) is 0.494. The molecule has 0 spiro atoms. The van der Waals surface area contributed by atoms with Crippen LogP contribution in [0.25, 0.3) is 0 Å². The topological polar surface area (TPSA) is 41.1 Å². The minimum atomic E-state index is -0.0359. The first-order valence-electron chi connectivity index (χ1n) is 3.67. The maximum absolute atomic E-state index is 11.0. The molecule has 58 valence electrons. The Morgan fingerprint density at radius 2 is 1.80 bits per heavy atom. The van der Waals surface area contributed by atoms with Gasteiger partial charge < -0.3 is 10.6 Å². The first-order valence-corrected chi connectivity index (χ1v) is 3.67. The molecule has 3 nitrogen and oxygen atoms in total. The van der Waals surface area contributed by atoms with Crippen LogP contribution >= 0.6 is 0 Å². The Kier molecular flexibility index (Phi) is 1.94. The Labute approximate surface area is 61.2 Å². The molecule has 0 aromatic carbocycles. The van der Waals surface area contributed by atoms with Crippen LogP contribution in [-0.2, 0) is 4.79 Å². The summed E-state index contributed by atoms with van der Waals surface area (Å²) >= 11 is 0. The van der Waals surface area contributed by atoms with Gasteiger partial charge in [-0.25, -0.2) is 0 Å². The molecule has 0 aliphatic carbocycles. The molecule has 0 saturated carbocycles. The summed E-state index contributed by atoms with van der Waals surface area (Å²) in [5, 5.41) is 6.04. The van der Waals surface area contributed by atoms with Crippen molar-refractivity contribution >= 4 is 5.91 Å². The zero-order valence-corrected chi connectivity index (χ0v) is 6.64. The molecule has 0 aromatic heterocycles. The summed E-state index contributed by atoms with van der Waals surface area (Å²) in [6, 6.07) is 0.600. The van der Waals surface area contributed by atoms with Crippen LogP contribution in [0.2, 0.25) is 0 Å². The average molecular weight is 142 g/mol. The standard InChI is InChI=1S/C7H14N2O/c1-4-5(2)9-7(10)6(3)8-4/h4-6,8H,1-3H3,(H,9,10). The predicted molar refractivity (Wildman–Crippen MR) is 39.7 cm³/mol. The first kappa shape index (κ1) is 7.54. The first-order chi connectivity index (χ1) is 4.61. The Bertz CT molecular complexity index is 147. The number of hydrogen-bond donors (Lipinski definition) is 2. The molecule has 1 aliphatic heterocycles. The fourth-order valence-corrected chi connectivity index (χ4v) is 1.09. The molecule has 0 bridgehead atoms. The Hall–Kier alpha value is -0.570. The molecule has 2 N–H and O–H groups in total. The van der Waals surface area contributed by atoms with E-state index < -0.39 is 0 Å². The number of amides is 1. The third-order valence-electron chi connectivity index (χ3n) is 2.03. The SMILES string of the molecule is CC1NC(C)C(C)NC1=O. The molecular weight excluding hydrogens is 128 g/mol. The molecule has 3 heteroatoms. The number of piperazine rings is 1. The second kappa shape index (κ2) is 2.58. The normalized spacial score (nSPS) is 41.1. The van der Waals surface area contributed by atoms with E-state index in [1.165, 1.54) is 0 Å². The largest absolute Gasteiger partial charge is 0.351 e. The maximum Gasteiger partial charge on any atom is 0.237 e. The lowest BCUT2D eigenvalue weighted by atomic mass is 10.1. The van der Waals surface area contributed by atoms with Gasteiger partial charge in [-0.3, -0.25) is 4.79 Å². The van der Waals surface area contributed by atoms with Gasteiger partial charge in [0.15, 0.2) is 0 Å². The molecule has 1 heterocycles. The van der Waals surface area contributed by atoms with Crippen molar-refractivity contribution in [3.05, 3.63) is 0 Å². The highest BCUT2D eigenvalue weighted by Gasteiger charge is 2.26. The van der Waals surface area contributed by atoms with Crippen LogP contribution < -0.4 is 10.6 Å². The summed E-state index contributed by atoms with van der Waals surface area (Å²) in [4.78, 5) is 11.0. The summed E-state index contributed by atoms with van der Waals surface area (Å²) < 4.78 is 0. The predicted octanol–water partition coefficient (Wildman–Crippen LogP) is -0.129. The van der Waals surface area contributed by atoms with Gasteiger partial charge in [0.05, 0.1) is 6.04 Å². The molecule has 10 heavy (non-hydrogen) atoms. The number of hydrogen-bond acceptors (Lipinski definition) is 2. The van der Waals surface area contributed by atoms with Crippen LogP contribution in [0.5, 0.6) is 0 Å². The van der Waals surface area contributed by atoms with Crippen molar-refractivity contribution in [3.8, 4) is 0 Å². The molecule has 1 saturated heterocycles. The lowest BCUT2D eigenvalue weighted by molar-refractivity contribution is -0.125. The lowest BCUT2D eigenvalue weighted by Gasteiger charge is -2.31. The van der Waals surface area contributed by atoms with Gasteiger partial charge in [0.25, 0.3) is 0 Å². The number of carbonyl (C=O) groups is 1. The smallest absolute Gasteiger partial charge is 0.237 e. The van der Waals surface area contributed by atoms with E-state index in [9.17, 15) is 4.79 Å². The molecule has 0 radical (unpaired) electrons. The van der Waals surface area contributed by atoms with Crippen molar-refractivity contribution in [2.45, 2.75) is 38.9 Å². The van der Waals surface area contributed by atoms with Crippen molar-refractivity contribution in [2.24, 2.45) is 0 Å². The van der Waals surface area contributed by atoms with E-state index in [4.69, 9.17) is 0 Å². The monoisotopic (exact) mass is 142 g/mol. The van der Waals surface area contributed by atoms with Crippen LogP contribution in [0.1, 0.15) is 20.8 Å². The molecular formula is C7H14N2O. The average Bonchev–Trinajstić information content (AvgIpc) is 1.84. The zero-order valence-electron chi connectivity index (χ0n) is 6.64. The van der Waals surface area contributed by atoms with E-state index in [-0.39, 0.29) is 18.0 Å². The van der Waals surface area contributed by atoms with Crippen LogP contribution in [0.3, 0.4) is 0 Å². The van der Waals surface area contributed by atoms with Crippen LogP contribution in [0.4, 0.5) is 0 Å². The molecule has 3 unspecified atom stereocenters. The number of nitrogens with one attached hydrogen (secondary N) is 2. The van der Waals surface area contributed by atoms with Crippen LogP contribution in [0, 0.1) is 0 Å². The van der Waals surface area contributed by atoms with E-state index in [0.717, 1.165) is 0 Å². The summed E-state index contributed by atoms with van der Waals surface area (Å²) in [6.45, 7) is 5.94. The van der Waals surface area contributed by atoms with Gasteiger partial charge in [-0.05, 0) is 20.8 Å². The van der Waals surface area contributed by atoms with Crippen LogP contribution in [-0.4, -0.2) is 24.0 Å². The zero-order chi connectivity index (χ0) is 7.72. The molecule has 3 atom stereocenters. The second-order valence-electron chi connectivity index (χ2n) is 2.97. The van der Waals surface area contributed by atoms with Gasteiger partial charge >= 0.3 is 0 Å².